The highest BCUT2D eigenvalue weighted by molar-refractivity contribution is 6.24. The van der Waals surface area contributed by atoms with Gasteiger partial charge in [0, 0.05) is 35.4 Å². The predicted octanol–water partition coefficient (Wildman–Crippen LogP) is 1.96. The average molecular weight is 408 g/mol. The summed E-state index contributed by atoms with van der Waals surface area (Å²) in [4.78, 5) is 48.5. The maximum absolute atomic E-state index is 12.4. The van der Waals surface area contributed by atoms with Gasteiger partial charge in [0.05, 0.1) is 0 Å². The van der Waals surface area contributed by atoms with Gasteiger partial charge in [-0.2, -0.15) is 0 Å². The molecule has 1 atom stereocenters. The number of hydrogen-bond donors (Lipinski definition) is 3. The summed E-state index contributed by atoms with van der Waals surface area (Å²) >= 11 is 0. The van der Waals surface area contributed by atoms with E-state index in [1.165, 1.54) is 6.92 Å². The average Bonchev–Trinajstić information content (AvgIpc) is 2.60. The molecule has 162 valence electrons. The summed E-state index contributed by atoms with van der Waals surface area (Å²) in [7, 11) is 0. The van der Waals surface area contributed by atoms with Gasteiger partial charge in [-0.25, -0.2) is 4.79 Å². The van der Waals surface area contributed by atoms with E-state index in [0.29, 0.717) is 22.3 Å². The quantitative estimate of drug-likeness (QED) is 0.437. The Morgan fingerprint density at radius 2 is 1.41 bits per heavy atom. The van der Waals surface area contributed by atoms with Crippen LogP contribution in [-0.4, -0.2) is 53.0 Å². The molecule has 1 aliphatic rings. The molecule has 29 heavy (non-hydrogen) atoms. The molecule has 2 amide bonds. The molecular formula is C21H32N2O6. The Kier molecular flexibility index (Phi) is 7.91. The molecule has 0 aromatic heterocycles. The smallest absolute Gasteiger partial charge is 0.407 e. The van der Waals surface area contributed by atoms with Gasteiger partial charge >= 0.3 is 6.09 Å². The highest BCUT2D eigenvalue weighted by atomic mass is 16.6. The van der Waals surface area contributed by atoms with Crippen molar-refractivity contribution < 1.29 is 29.0 Å². The number of alkyl carbamates (subject to hydrolysis) is 1. The van der Waals surface area contributed by atoms with Crippen molar-refractivity contribution in [3.63, 3.8) is 0 Å². The van der Waals surface area contributed by atoms with E-state index in [1.54, 1.807) is 41.5 Å². The molecule has 0 aromatic carbocycles. The molecule has 8 heteroatoms. The minimum absolute atomic E-state index is 0.0175. The molecule has 0 radical (unpaired) electrons. The SMILES string of the molecule is CC1=C(C)C(=O)C(CCC(C)(O)C(=O)NCCNC(=O)OC(C)(C)C)=C(C)C1=O. The lowest BCUT2D eigenvalue weighted by atomic mass is 9.82. The molecule has 0 spiro atoms. The highest BCUT2D eigenvalue weighted by Crippen LogP contribution is 2.28. The molecule has 0 fully saturated rings. The van der Waals surface area contributed by atoms with Gasteiger partial charge in [-0.1, -0.05) is 0 Å². The number of hydrogen-bond acceptors (Lipinski definition) is 6. The van der Waals surface area contributed by atoms with Crippen LogP contribution in [-0.2, 0) is 19.1 Å². The topological polar surface area (TPSA) is 122 Å². The maximum atomic E-state index is 12.4. The van der Waals surface area contributed by atoms with E-state index >= 15 is 0 Å². The summed E-state index contributed by atoms with van der Waals surface area (Å²) in [5, 5.41) is 15.5. The number of ether oxygens (including phenoxy) is 1. The molecule has 0 saturated carbocycles. The van der Waals surface area contributed by atoms with Crippen LogP contribution in [0, 0.1) is 0 Å². The summed E-state index contributed by atoms with van der Waals surface area (Å²) < 4.78 is 5.08. The molecule has 1 rings (SSSR count). The van der Waals surface area contributed by atoms with Crippen LogP contribution in [0.1, 0.15) is 61.3 Å². The van der Waals surface area contributed by atoms with Gasteiger partial charge in [0.2, 0.25) is 0 Å². The molecular weight excluding hydrogens is 376 g/mol. The number of rotatable bonds is 7. The van der Waals surface area contributed by atoms with E-state index in [1.807, 2.05) is 0 Å². The first-order chi connectivity index (χ1) is 13.2. The van der Waals surface area contributed by atoms with Crippen LogP contribution in [0.2, 0.25) is 0 Å². The van der Waals surface area contributed by atoms with Crippen molar-refractivity contribution in [2.45, 2.75) is 72.5 Å². The van der Waals surface area contributed by atoms with E-state index in [9.17, 15) is 24.3 Å². The largest absolute Gasteiger partial charge is 0.444 e. The molecule has 0 aromatic rings. The number of aliphatic hydroxyl groups is 1. The zero-order valence-electron chi connectivity index (χ0n) is 18.3. The lowest BCUT2D eigenvalue weighted by Crippen LogP contribution is -2.47. The van der Waals surface area contributed by atoms with Crippen LogP contribution >= 0.6 is 0 Å². The highest BCUT2D eigenvalue weighted by Gasteiger charge is 2.33. The van der Waals surface area contributed by atoms with Crippen molar-refractivity contribution in [1.82, 2.24) is 10.6 Å². The molecule has 0 saturated heterocycles. The van der Waals surface area contributed by atoms with Crippen LogP contribution in [0.3, 0.4) is 0 Å². The fraction of sp³-hybridized carbons (Fsp3) is 0.619. The van der Waals surface area contributed by atoms with Crippen molar-refractivity contribution in [1.29, 1.82) is 0 Å². The third-order valence-corrected chi connectivity index (χ3v) is 4.74. The zero-order chi connectivity index (χ0) is 22.6. The molecule has 3 N–H and O–H groups in total. The molecule has 8 nitrogen and oxygen atoms in total. The first-order valence-electron chi connectivity index (χ1n) is 9.61. The number of Topliss-reactive ketones (excluding diaryl/α,β-unsaturated/α-hetero) is 2. The third-order valence-electron chi connectivity index (χ3n) is 4.74. The molecule has 0 aliphatic heterocycles. The standard InChI is InChI=1S/C21H32N2O6/c1-12-13(2)17(25)15(14(3)16(12)24)8-9-21(7,28)18(26)22-10-11-23-19(27)29-20(4,5)6/h28H,8-11H2,1-7H3,(H,22,26)(H,23,27). The van der Waals surface area contributed by atoms with Crippen molar-refractivity contribution in [2.75, 3.05) is 13.1 Å². The minimum Gasteiger partial charge on any atom is -0.444 e. The maximum Gasteiger partial charge on any atom is 0.407 e. The number of ketones is 2. The Hall–Kier alpha value is -2.48. The second kappa shape index (κ2) is 9.35. The number of amides is 2. The Morgan fingerprint density at radius 1 is 0.897 bits per heavy atom. The third kappa shape index (κ3) is 6.81. The number of carbonyl (C=O) groups is 4. The number of carbonyl (C=O) groups excluding carboxylic acids is 4. The lowest BCUT2D eigenvalue weighted by molar-refractivity contribution is -0.138. The summed E-state index contributed by atoms with van der Waals surface area (Å²) in [5.74, 6) is -1.04. The van der Waals surface area contributed by atoms with Gasteiger partial charge in [0.15, 0.2) is 11.6 Å². The molecule has 0 heterocycles. The minimum atomic E-state index is -1.73. The summed E-state index contributed by atoms with van der Waals surface area (Å²) in [6.45, 7) is 11.6. The fourth-order valence-corrected chi connectivity index (χ4v) is 2.78. The van der Waals surface area contributed by atoms with Crippen molar-refractivity contribution >= 4 is 23.6 Å². The van der Waals surface area contributed by atoms with Gasteiger partial charge in [0.25, 0.3) is 5.91 Å². The van der Waals surface area contributed by atoms with Gasteiger partial charge in [-0.3, -0.25) is 14.4 Å². The number of allylic oxidation sites excluding steroid dienone is 4. The van der Waals surface area contributed by atoms with Crippen LogP contribution in [0.15, 0.2) is 22.3 Å². The molecule has 1 aliphatic carbocycles. The van der Waals surface area contributed by atoms with E-state index < -0.39 is 23.2 Å². The monoisotopic (exact) mass is 408 g/mol. The predicted molar refractivity (Wildman–Crippen MR) is 108 cm³/mol. The first-order valence-corrected chi connectivity index (χ1v) is 9.61. The van der Waals surface area contributed by atoms with Crippen LogP contribution in [0.25, 0.3) is 0 Å². The van der Waals surface area contributed by atoms with Crippen LogP contribution < -0.4 is 10.6 Å². The zero-order valence-corrected chi connectivity index (χ0v) is 18.3. The molecule has 0 bridgehead atoms. The summed E-state index contributed by atoms with van der Waals surface area (Å²) in [6.07, 6.45) is -0.506. The van der Waals surface area contributed by atoms with E-state index in [-0.39, 0.29) is 37.5 Å². The van der Waals surface area contributed by atoms with Crippen LogP contribution in [0.4, 0.5) is 4.79 Å². The Balaban J connectivity index is 2.56. The van der Waals surface area contributed by atoms with Crippen molar-refractivity contribution in [2.24, 2.45) is 0 Å². The van der Waals surface area contributed by atoms with Crippen molar-refractivity contribution in [3.05, 3.63) is 22.3 Å². The van der Waals surface area contributed by atoms with Crippen LogP contribution in [0.5, 0.6) is 0 Å². The first kappa shape index (κ1) is 24.6. The van der Waals surface area contributed by atoms with Gasteiger partial charge < -0.3 is 20.5 Å². The Morgan fingerprint density at radius 3 is 1.97 bits per heavy atom. The summed E-state index contributed by atoms with van der Waals surface area (Å²) in [6, 6.07) is 0. The Bertz CT molecular complexity index is 769. The van der Waals surface area contributed by atoms with Gasteiger partial charge in [-0.15, -0.1) is 0 Å². The normalized spacial score (nSPS) is 17.2. The van der Waals surface area contributed by atoms with Gasteiger partial charge in [-0.05, 0) is 61.3 Å². The van der Waals surface area contributed by atoms with Crippen molar-refractivity contribution in [3.8, 4) is 0 Å². The van der Waals surface area contributed by atoms with E-state index in [0.717, 1.165) is 0 Å². The van der Waals surface area contributed by atoms with Gasteiger partial charge in [0.1, 0.15) is 11.2 Å². The second-order valence-corrected chi connectivity index (χ2v) is 8.47. The van der Waals surface area contributed by atoms with E-state index in [4.69, 9.17) is 4.74 Å². The Labute approximate surface area is 171 Å². The lowest BCUT2D eigenvalue weighted by Gasteiger charge is -2.25. The summed E-state index contributed by atoms with van der Waals surface area (Å²) in [5.41, 5.74) is -0.833. The second-order valence-electron chi connectivity index (χ2n) is 8.47. The van der Waals surface area contributed by atoms with E-state index in [2.05, 4.69) is 10.6 Å². The molecule has 1 unspecified atom stereocenters. The number of nitrogens with one attached hydrogen (secondary N) is 2. The fourth-order valence-electron chi connectivity index (χ4n) is 2.78.